The number of likely N-dealkylation sites (tertiary alicyclic amines) is 1. The molecule has 1 N–H and O–H groups in total. The summed E-state index contributed by atoms with van der Waals surface area (Å²) in [6, 6.07) is 9.59. The second kappa shape index (κ2) is 10.4. The Kier molecular flexibility index (Phi) is 8.08. The standard InChI is InChI=1S/C24H27F3INO3/c1-15(2)18-12-22(32-14-16-7-3-4-8-20(16)28)17(11-19(18)24(25,26)27)13-29-10-6-5-9-21(29)23(30)31/h3-4,7-8,11-12,15,21H,5-6,9-10,13-14H2,1-2H3,(H,30,31)/t21-/m0/s1. The molecular formula is C24H27F3INO3. The summed E-state index contributed by atoms with van der Waals surface area (Å²) in [5, 5.41) is 9.59. The van der Waals surface area contributed by atoms with Gasteiger partial charge in [0.2, 0.25) is 0 Å². The van der Waals surface area contributed by atoms with Gasteiger partial charge in [-0.2, -0.15) is 13.2 Å². The van der Waals surface area contributed by atoms with E-state index in [0.717, 1.165) is 28.0 Å². The first-order chi connectivity index (χ1) is 15.1. The van der Waals surface area contributed by atoms with Gasteiger partial charge in [-0.3, -0.25) is 9.69 Å². The van der Waals surface area contributed by atoms with Gasteiger partial charge in [-0.1, -0.05) is 38.5 Å². The van der Waals surface area contributed by atoms with E-state index in [4.69, 9.17) is 4.74 Å². The van der Waals surface area contributed by atoms with Gasteiger partial charge in [-0.25, -0.2) is 0 Å². The number of piperidine rings is 1. The smallest absolute Gasteiger partial charge is 0.416 e. The number of rotatable bonds is 7. The van der Waals surface area contributed by atoms with Crippen LogP contribution in [0.4, 0.5) is 13.2 Å². The number of benzene rings is 2. The molecule has 32 heavy (non-hydrogen) atoms. The molecule has 1 atom stereocenters. The molecule has 1 saturated heterocycles. The molecule has 2 aromatic rings. The van der Waals surface area contributed by atoms with Gasteiger partial charge in [0.25, 0.3) is 0 Å². The number of alkyl halides is 3. The van der Waals surface area contributed by atoms with E-state index in [0.29, 0.717) is 24.3 Å². The van der Waals surface area contributed by atoms with E-state index in [1.54, 1.807) is 18.7 Å². The average Bonchev–Trinajstić information content (AvgIpc) is 2.73. The number of aliphatic carboxylic acids is 1. The van der Waals surface area contributed by atoms with Crippen molar-refractivity contribution in [3.8, 4) is 5.75 Å². The van der Waals surface area contributed by atoms with Crippen LogP contribution in [-0.2, 0) is 24.1 Å². The number of carbonyl (C=O) groups is 1. The van der Waals surface area contributed by atoms with Crippen molar-refractivity contribution in [3.63, 3.8) is 0 Å². The first kappa shape index (κ1) is 24.8. The third-order valence-corrected chi connectivity index (χ3v) is 6.83. The van der Waals surface area contributed by atoms with Crippen molar-refractivity contribution in [3.05, 3.63) is 62.2 Å². The minimum atomic E-state index is -4.50. The number of nitrogens with zero attached hydrogens (tertiary/aromatic N) is 1. The Bertz CT molecular complexity index is 962. The zero-order chi connectivity index (χ0) is 23.5. The fraction of sp³-hybridized carbons (Fsp3) is 0.458. The maximum atomic E-state index is 13.9. The molecule has 3 rings (SSSR count). The third-order valence-electron chi connectivity index (χ3n) is 5.77. The molecule has 0 unspecified atom stereocenters. The van der Waals surface area contributed by atoms with Crippen LogP contribution < -0.4 is 4.74 Å². The van der Waals surface area contributed by atoms with Crippen LogP contribution in [-0.4, -0.2) is 28.6 Å². The molecule has 8 heteroatoms. The lowest BCUT2D eigenvalue weighted by Crippen LogP contribution is -2.44. The highest BCUT2D eigenvalue weighted by Crippen LogP contribution is 2.40. The Morgan fingerprint density at radius 2 is 1.94 bits per heavy atom. The Morgan fingerprint density at radius 1 is 1.22 bits per heavy atom. The molecule has 0 aromatic heterocycles. The van der Waals surface area contributed by atoms with Crippen LogP contribution in [0.15, 0.2) is 36.4 Å². The molecule has 1 fully saturated rings. The highest BCUT2D eigenvalue weighted by molar-refractivity contribution is 14.1. The summed E-state index contributed by atoms with van der Waals surface area (Å²) in [5.41, 5.74) is 0.785. The fourth-order valence-corrected chi connectivity index (χ4v) is 4.61. The van der Waals surface area contributed by atoms with Crippen LogP contribution in [0.3, 0.4) is 0 Å². The van der Waals surface area contributed by atoms with Crippen molar-refractivity contribution >= 4 is 28.6 Å². The lowest BCUT2D eigenvalue weighted by Gasteiger charge is -2.33. The van der Waals surface area contributed by atoms with Gasteiger partial charge in [0.1, 0.15) is 18.4 Å². The summed E-state index contributed by atoms with van der Waals surface area (Å²) in [6.07, 6.45) is -2.40. The Labute approximate surface area is 199 Å². The summed E-state index contributed by atoms with van der Waals surface area (Å²) >= 11 is 2.20. The molecule has 1 aliphatic rings. The van der Waals surface area contributed by atoms with Crippen molar-refractivity contribution in [2.75, 3.05) is 6.54 Å². The van der Waals surface area contributed by atoms with Crippen LogP contribution in [0, 0.1) is 3.57 Å². The van der Waals surface area contributed by atoms with Gasteiger partial charge in [0, 0.05) is 21.2 Å². The zero-order valence-electron chi connectivity index (χ0n) is 18.1. The summed E-state index contributed by atoms with van der Waals surface area (Å²) in [5.74, 6) is -0.918. The molecule has 1 aliphatic heterocycles. The first-order valence-corrected chi connectivity index (χ1v) is 11.7. The molecule has 0 bridgehead atoms. The predicted octanol–water partition coefficient (Wildman–Crippen LogP) is 6.45. The van der Waals surface area contributed by atoms with E-state index in [2.05, 4.69) is 22.6 Å². The van der Waals surface area contributed by atoms with Crippen LogP contribution >= 0.6 is 22.6 Å². The maximum Gasteiger partial charge on any atom is 0.416 e. The number of hydrogen-bond acceptors (Lipinski definition) is 3. The molecule has 2 aromatic carbocycles. The van der Waals surface area contributed by atoms with Crippen LogP contribution in [0.1, 0.15) is 61.3 Å². The van der Waals surface area contributed by atoms with Gasteiger partial charge < -0.3 is 9.84 Å². The van der Waals surface area contributed by atoms with Crippen molar-refractivity contribution in [2.24, 2.45) is 0 Å². The van der Waals surface area contributed by atoms with E-state index in [-0.39, 0.29) is 24.6 Å². The summed E-state index contributed by atoms with van der Waals surface area (Å²) in [7, 11) is 0. The van der Waals surface area contributed by atoms with Gasteiger partial charge in [0.05, 0.1) is 5.56 Å². The second-order valence-electron chi connectivity index (χ2n) is 8.40. The molecule has 4 nitrogen and oxygen atoms in total. The minimum Gasteiger partial charge on any atom is -0.489 e. The summed E-state index contributed by atoms with van der Waals surface area (Å²) in [4.78, 5) is 13.4. The summed E-state index contributed by atoms with van der Waals surface area (Å²) < 4.78 is 48.6. The Balaban J connectivity index is 2.01. The Morgan fingerprint density at radius 3 is 2.56 bits per heavy atom. The lowest BCUT2D eigenvalue weighted by molar-refractivity contribution is -0.145. The van der Waals surface area contributed by atoms with Gasteiger partial charge in [0.15, 0.2) is 0 Å². The quantitative estimate of drug-likeness (QED) is 0.395. The van der Waals surface area contributed by atoms with Gasteiger partial charge in [-0.05, 0) is 71.7 Å². The lowest BCUT2D eigenvalue weighted by atomic mass is 9.93. The molecule has 174 valence electrons. The van der Waals surface area contributed by atoms with Crippen LogP contribution in [0.25, 0.3) is 0 Å². The highest BCUT2D eigenvalue weighted by atomic mass is 127. The first-order valence-electron chi connectivity index (χ1n) is 10.6. The number of ether oxygens (including phenoxy) is 1. The van der Waals surface area contributed by atoms with E-state index >= 15 is 0 Å². The van der Waals surface area contributed by atoms with Crippen molar-refractivity contribution in [1.82, 2.24) is 4.90 Å². The van der Waals surface area contributed by atoms with Gasteiger partial charge >= 0.3 is 12.1 Å². The minimum absolute atomic E-state index is 0.0969. The number of hydrogen-bond donors (Lipinski definition) is 1. The maximum absolute atomic E-state index is 13.9. The molecular weight excluding hydrogens is 534 g/mol. The van der Waals surface area contributed by atoms with Crippen LogP contribution in [0.2, 0.25) is 0 Å². The fourth-order valence-electron chi connectivity index (χ4n) is 4.07. The molecule has 0 amide bonds. The summed E-state index contributed by atoms with van der Waals surface area (Å²) in [6.45, 7) is 4.29. The highest BCUT2D eigenvalue weighted by Gasteiger charge is 2.36. The van der Waals surface area contributed by atoms with E-state index in [1.165, 1.54) is 6.07 Å². The average molecular weight is 561 g/mol. The third kappa shape index (κ3) is 5.95. The largest absolute Gasteiger partial charge is 0.489 e. The van der Waals surface area contributed by atoms with Gasteiger partial charge in [-0.15, -0.1) is 0 Å². The van der Waals surface area contributed by atoms with Crippen molar-refractivity contribution < 1.29 is 27.8 Å². The van der Waals surface area contributed by atoms with Crippen molar-refractivity contribution in [2.45, 2.75) is 64.4 Å². The zero-order valence-corrected chi connectivity index (χ0v) is 20.2. The molecule has 0 spiro atoms. The van der Waals surface area contributed by atoms with E-state index in [1.807, 2.05) is 24.3 Å². The van der Waals surface area contributed by atoms with Crippen LogP contribution in [0.5, 0.6) is 5.75 Å². The monoisotopic (exact) mass is 561 g/mol. The Hall–Kier alpha value is -1.81. The number of halogens is 4. The van der Waals surface area contributed by atoms with E-state index in [9.17, 15) is 23.1 Å². The predicted molar refractivity (Wildman–Crippen MR) is 125 cm³/mol. The number of carboxylic acids is 1. The molecule has 0 aliphatic carbocycles. The normalized spacial score (nSPS) is 17.5. The second-order valence-corrected chi connectivity index (χ2v) is 9.56. The molecule has 1 heterocycles. The molecule has 0 saturated carbocycles. The number of carboxylic acid groups (broad SMARTS) is 1. The molecule has 0 radical (unpaired) electrons. The topological polar surface area (TPSA) is 49.8 Å². The SMILES string of the molecule is CC(C)c1cc(OCc2ccccc2I)c(CN2CCCC[C@H]2C(=O)O)cc1C(F)(F)F. The van der Waals surface area contributed by atoms with E-state index < -0.39 is 23.8 Å². The van der Waals surface area contributed by atoms with Crippen molar-refractivity contribution in [1.29, 1.82) is 0 Å².